The first-order valence-electron chi connectivity index (χ1n) is 14.2. The van der Waals surface area contributed by atoms with Crippen LogP contribution < -0.4 is 23.8 Å². The normalized spacial score (nSPS) is 20.4. The van der Waals surface area contributed by atoms with Crippen molar-refractivity contribution < 1.29 is 41.5 Å². The lowest BCUT2D eigenvalue weighted by Gasteiger charge is -2.47. The van der Waals surface area contributed by atoms with Crippen molar-refractivity contribution in [2.45, 2.75) is 29.4 Å². The highest BCUT2D eigenvalue weighted by molar-refractivity contribution is 7.91. The minimum absolute atomic E-state index is 0.0155. The van der Waals surface area contributed by atoms with Crippen molar-refractivity contribution in [2.75, 3.05) is 25.0 Å². The quantitative estimate of drug-likeness (QED) is 0.258. The standard InChI is InChI=1S/C32H29F3N4O6S/c1-36-46(42,23-17-15-22(16-18-23)45-32(33,34)35)37-24-19-38(31(41)43-21-9-3-2-4-10-21)20-27(30(24)40)39-25-11-5-7-13-28(25)44-29-14-8-6-12-26(29)39/h2-18,24,27,30,40H,19-20H2,1H3,(H,36,37,42). The van der Waals surface area contributed by atoms with Crippen LogP contribution in [0, 0.1) is 0 Å². The molecule has 4 atom stereocenters. The van der Waals surface area contributed by atoms with E-state index in [0.717, 1.165) is 12.1 Å². The number of likely N-dealkylation sites (tertiary alicyclic amines) is 1. The Morgan fingerprint density at radius 1 is 0.891 bits per heavy atom. The molecule has 1 saturated heterocycles. The van der Waals surface area contributed by atoms with Crippen molar-refractivity contribution in [1.82, 2.24) is 9.62 Å². The van der Waals surface area contributed by atoms with Crippen molar-refractivity contribution in [2.24, 2.45) is 4.36 Å². The maximum atomic E-state index is 14.2. The average molecular weight is 655 g/mol. The number of nitrogens with zero attached hydrogens (tertiary/aromatic N) is 3. The van der Waals surface area contributed by atoms with Crippen LogP contribution in [-0.4, -0.2) is 65.0 Å². The molecule has 0 saturated carbocycles. The van der Waals surface area contributed by atoms with Crippen molar-refractivity contribution in [3.8, 4) is 23.0 Å². The molecule has 2 N–H and O–H groups in total. The number of ether oxygens (including phenoxy) is 3. The number of carbonyl (C=O) groups excluding carboxylic acids is 1. The van der Waals surface area contributed by atoms with Crippen LogP contribution in [0.1, 0.15) is 0 Å². The van der Waals surface area contributed by atoms with Gasteiger partial charge in [0.1, 0.15) is 21.4 Å². The van der Waals surface area contributed by atoms with Crippen molar-refractivity contribution in [3.63, 3.8) is 0 Å². The molecule has 0 aromatic heterocycles. The summed E-state index contributed by atoms with van der Waals surface area (Å²) in [5.41, 5.74) is 1.28. The van der Waals surface area contributed by atoms with E-state index in [2.05, 4.69) is 13.8 Å². The number of nitrogens with one attached hydrogen (secondary N) is 1. The molecule has 0 aliphatic carbocycles. The summed E-state index contributed by atoms with van der Waals surface area (Å²) in [6.07, 6.45) is -6.83. The number of alkyl halides is 3. The number of halogens is 3. The van der Waals surface area contributed by atoms with Gasteiger partial charge in [-0.05, 0) is 60.7 Å². The van der Waals surface area contributed by atoms with Crippen molar-refractivity contribution >= 4 is 27.4 Å². The minimum Gasteiger partial charge on any atom is -0.453 e. The molecule has 4 aromatic rings. The number of anilines is 2. The van der Waals surface area contributed by atoms with Crippen LogP contribution in [0.2, 0.25) is 0 Å². The summed E-state index contributed by atoms with van der Waals surface area (Å²) in [5.74, 6) is 0.896. The van der Waals surface area contributed by atoms with E-state index in [9.17, 15) is 27.3 Å². The topological polar surface area (TPSA) is 113 Å². The van der Waals surface area contributed by atoms with Crippen LogP contribution in [0.25, 0.3) is 0 Å². The Hall–Kier alpha value is -4.79. The molecule has 0 spiro atoms. The van der Waals surface area contributed by atoms with Gasteiger partial charge in [0, 0.05) is 20.1 Å². The molecule has 4 aromatic carbocycles. The van der Waals surface area contributed by atoms with Gasteiger partial charge in [0.25, 0.3) is 0 Å². The molecule has 14 heteroatoms. The van der Waals surface area contributed by atoms with E-state index in [1.54, 1.807) is 42.5 Å². The Morgan fingerprint density at radius 2 is 1.48 bits per heavy atom. The summed E-state index contributed by atoms with van der Waals surface area (Å²) in [6.45, 7) is -0.111. The second-order valence-corrected chi connectivity index (χ2v) is 12.6. The molecule has 46 heavy (non-hydrogen) atoms. The van der Waals surface area contributed by atoms with Gasteiger partial charge in [0.2, 0.25) is 0 Å². The monoisotopic (exact) mass is 654 g/mol. The summed E-state index contributed by atoms with van der Waals surface area (Å²) < 4.78 is 75.0. The van der Waals surface area contributed by atoms with Crippen LogP contribution in [0.4, 0.5) is 29.3 Å². The number of rotatable bonds is 6. The molecule has 1 amide bonds. The van der Waals surface area contributed by atoms with Crippen molar-refractivity contribution in [1.29, 1.82) is 0 Å². The molecule has 2 heterocycles. The van der Waals surface area contributed by atoms with Gasteiger partial charge < -0.3 is 29.1 Å². The number of piperidine rings is 1. The third-order valence-corrected chi connectivity index (χ3v) is 9.63. The fourth-order valence-corrected chi connectivity index (χ4v) is 7.10. The third kappa shape index (κ3) is 6.45. The Morgan fingerprint density at radius 3 is 2.07 bits per heavy atom. The van der Waals surface area contributed by atoms with Gasteiger partial charge in [-0.15, -0.1) is 13.2 Å². The van der Waals surface area contributed by atoms with Crippen molar-refractivity contribution in [3.05, 3.63) is 103 Å². The summed E-state index contributed by atoms with van der Waals surface area (Å²) >= 11 is 0. The predicted molar refractivity (Wildman–Crippen MR) is 164 cm³/mol. The number of fused-ring (bicyclic) bond motifs is 2. The maximum Gasteiger partial charge on any atom is 0.573 e. The molecule has 10 nitrogen and oxygen atoms in total. The SMILES string of the molecule is CN=S(=O)(NC1CN(C(=O)Oc2ccccc2)CC(N2c3ccccc3Oc3ccccc32)C1O)c1ccc(OC(F)(F)F)cc1. The molecule has 4 unspecified atom stereocenters. The molecule has 1 fully saturated rings. The highest BCUT2D eigenvalue weighted by atomic mass is 32.2. The molecule has 0 bridgehead atoms. The van der Waals surface area contributed by atoms with Gasteiger partial charge in [0.05, 0.1) is 34.5 Å². The zero-order valence-electron chi connectivity index (χ0n) is 24.3. The Balaban J connectivity index is 1.37. The number of carbonyl (C=O) groups is 1. The van der Waals surface area contributed by atoms with Crippen LogP contribution in [0.3, 0.4) is 0 Å². The van der Waals surface area contributed by atoms with Gasteiger partial charge in [-0.25, -0.2) is 18.1 Å². The van der Waals surface area contributed by atoms with Gasteiger partial charge in [-0.2, -0.15) is 0 Å². The first-order chi connectivity index (χ1) is 22.0. The number of hydrogen-bond acceptors (Lipinski definition) is 8. The number of benzene rings is 4. The molecular formula is C32H29F3N4O6S. The van der Waals surface area contributed by atoms with Crippen LogP contribution in [0.5, 0.6) is 23.0 Å². The fraction of sp³-hybridized carbons (Fsp3) is 0.219. The summed E-state index contributed by atoms with van der Waals surface area (Å²) in [4.78, 5) is 16.9. The number of amides is 1. The van der Waals surface area contributed by atoms with Crippen LogP contribution in [-0.2, 0) is 9.92 Å². The van der Waals surface area contributed by atoms with Crippen LogP contribution >= 0.6 is 0 Å². The summed E-state index contributed by atoms with van der Waals surface area (Å²) in [7, 11) is -2.24. The molecule has 6 rings (SSSR count). The highest BCUT2D eigenvalue weighted by Gasteiger charge is 2.45. The largest absolute Gasteiger partial charge is 0.573 e. The molecular weight excluding hydrogens is 625 g/mol. The summed E-state index contributed by atoms with van der Waals surface area (Å²) in [5, 5.41) is 12.0. The zero-order chi connectivity index (χ0) is 32.5. The number of hydrogen-bond donors (Lipinski definition) is 2. The maximum absolute atomic E-state index is 14.2. The second-order valence-electron chi connectivity index (χ2n) is 10.5. The number of para-hydroxylation sites is 5. The van der Waals surface area contributed by atoms with E-state index >= 15 is 0 Å². The Kier molecular flexibility index (Phi) is 8.51. The smallest absolute Gasteiger partial charge is 0.453 e. The van der Waals surface area contributed by atoms with E-state index in [4.69, 9.17) is 9.47 Å². The minimum atomic E-state index is -4.90. The van der Waals surface area contributed by atoms with Gasteiger partial charge >= 0.3 is 12.5 Å². The number of aliphatic hydroxyl groups is 1. The molecule has 240 valence electrons. The van der Waals surface area contributed by atoms with Crippen LogP contribution in [0.15, 0.2) is 112 Å². The number of aliphatic hydroxyl groups excluding tert-OH is 1. The lowest BCUT2D eigenvalue weighted by atomic mass is 9.94. The van der Waals surface area contributed by atoms with E-state index in [1.807, 2.05) is 41.3 Å². The average Bonchev–Trinajstić information content (AvgIpc) is 3.04. The molecule has 0 radical (unpaired) electrons. The van der Waals surface area contributed by atoms with Gasteiger partial charge in [-0.1, -0.05) is 42.5 Å². The van der Waals surface area contributed by atoms with E-state index < -0.39 is 46.3 Å². The Labute approximate surface area is 263 Å². The fourth-order valence-electron chi connectivity index (χ4n) is 5.51. The van der Waals surface area contributed by atoms with E-state index in [1.165, 1.54) is 24.1 Å². The van der Waals surface area contributed by atoms with E-state index in [0.29, 0.717) is 28.6 Å². The third-order valence-electron chi connectivity index (χ3n) is 7.58. The zero-order valence-corrected chi connectivity index (χ0v) is 25.1. The molecule has 2 aliphatic rings. The predicted octanol–water partition coefficient (Wildman–Crippen LogP) is 6.10. The van der Waals surface area contributed by atoms with Gasteiger partial charge in [-0.3, -0.25) is 0 Å². The lowest BCUT2D eigenvalue weighted by Crippen LogP contribution is -2.66. The Bertz CT molecular complexity index is 1790. The van der Waals surface area contributed by atoms with E-state index in [-0.39, 0.29) is 18.0 Å². The summed E-state index contributed by atoms with van der Waals surface area (Å²) in [6, 6.07) is 25.6. The van der Waals surface area contributed by atoms with Gasteiger partial charge in [0.15, 0.2) is 11.5 Å². The second kappa shape index (κ2) is 12.5. The molecule has 2 aliphatic heterocycles. The first kappa shape index (κ1) is 31.2. The highest BCUT2D eigenvalue weighted by Crippen LogP contribution is 2.48. The first-order valence-corrected chi connectivity index (χ1v) is 15.7. The lowest BCUT2D eigenvalue weighted by molar-refractivity contribution is -0.274.